The highest BCUT2D eigenvalue weighted by Gasteiger charge is 2.35. The molecule has 2 nitrogen and oxygen atoms in total. The van der Waals surface area contributed by atoms with Crippen LogP contribution in [0, 0.1) is 11.8 Å². The van der Waals surface area contributed by atoms with Gasteiger partial charge in [0.15, 0.2) is 0 Å². The van der Waals surface area contributed by atoms with Crippen molar-refractivity contribution >= 4 is 10.9 Å². The van der Waals surface area contributed by atoms with E-state index in [0.29, 0.717) is 0 Å². The molecule has 3 heterocycles. The summed E-state index contributed by atoms with van der Waals surface area (Å²) >= 11 is 0. The number of piperidine rings is 1. The molecule has 3 aliphatic rings. The highest BCUT2D eigenvalue weighted by atomic mass is 15.2. The lowest BCUT2D eigenvalue weighted by Gasteiger charge is -2.42. The van der Waals surface area contributed by atoms with Crippen molar-refractivity contribution in [3.05, 3.63) is 48.2 Å². The number of hydrogen-bond donors (Lipinski definition) is 1. The van der Waals surface area contributed by atoms with E-state index in [1.54, 1.807) is 0 Å². The van der Waals surface area contributed by atoms with Gasteiger partial charge in [0.1, 0.15) is 0 Å². The Bertz CT molecular complexity index is 669. The molecule has 1 aliphatic carbocycles. The minimum atomic E-state index is 0.769. The van der Waals surface area contributed by atoms with Crippen molar-refractivity contribution < 1.29 is 0 Å². The second-order valence-electron chi connectivity index (χ2n) is 7.00. The molecule has 1 aromatic heterocycles. The van der Waals surface area contributed by atoms with Crippen LogP contribution in [0.3, 0.4) is 0 Å². The summed E-state index contributed by atoms with van der Waals surface area (Å²) in [5, 5.41) is 1.40. The molecule has 0 saturated carbocycles. The van der Waals surface area contributed by atoms with Crippen molar-refractivity contribution in [1.82, 2.24) is 9.88 Å². The largest absolute Gasteiger partial charge is 0.361 e. The fourth-order valence-corrected chi connectivity index (χ4v) is 4.54. The second kappa shape index (κ2) is 5.92. The monoisotopic (exact) mass is 294 g/mol. The van der Waals surface area contributed by atoms with Crippen LogP contribution in [0.25, 0.3) is 10.9 Å². The van der Waals surface area contributed by atoms with Gasteiger partial charge >= 0.3 is 0 Å². The Morgan fingerprint density at radius 1 is 1.27 bits per heavy atom. The van der Waals surface area contributed by atoms with Crippen LogP contribution in [0.2, 0.25) is 0 Å². The summed E-state index contributed by atoms with van der Waals surface area (Å²) in [6.07, 6.45) is 12.3. The molecule has 1 aromatic carbocycles. The van der Waals surface area contributed by atoms with E-state index in [0.717, 1.165) is 24.3 Å². The number of rotatable bonds is 4. The maximum atomic E-state index is 3.41. The lowest BCUT2D eigenvalue weighted by atomic mass is 9.82. The lowest BCUT2D eigenvalue weighted by molar-refractivity contribution is 0.0763. The first kappa shape index (κ1) is 14.1. The standard InChI is InChI=1S/C20H26N2/c1-2-16-12-15-6-5-9-20(16)22(14-15)11-10-17-13-21-19-8-4-3-7-18(17)19/h3-8,13,15-16,20-21H,2,9-12,14H2,1H3. The van der Waals surface area contributed by atoms with Crippen LogP contribution in [0.4, 0.5) is 0 Å². The molecule has 2 aromatic rings. The van der Waals surface area contributed by atoms with Gasteiger partial charge < -0.3 is 4.98 Å². The fraction of sp³-hybridized carbons (Fsp3) is 0.500. The molecule has 1 saturated heterocycles. The molecule has 2 bridgehead atoms. The zero-order valence-electron chi connectivity index (χ0n) is 13.5. The van der Waals surface area contributed by atoms with Crippen LogP contribution >= 0.6 is 0 Å². The first-order chi connectivity index (χ1) is 10.8. The lowest BCUT2D eigenvalue weighted by Crippen LogP contribution is -2.47. The summed E-state index contributed by atoms with van der Waals surface area (Å²) in [5.74, 6) is 1.67. The Hall–Kier alpha value is -1.54. The highest BCUT2D eigenvalue weighted by Crippen LogP contribution is 2.35. The highest BCUT2D eigenvalue weighted by molar-refractivity contribution is 5.83. The van der Waals surface area contributed by atoms with Crippen molar-refractivity contribution in [2.45, 2.75) is 38.6 Å². The number of nitrogens with one attached hydrogen (secondary N) is 1. The molecular formula is C20H26N2. The van der Waals surface area contributed by atoms with Crippen LogP contribution in [0.1, 0.15) is 31.7 Å². The third kappa shape index (κ3) is 2.50. The van der Waals surface area contributed by atoms with Gasteiger partial charge in [-0.3, -0.25) is 4.90 Å². The van der Waals surface area contributed by atoms with E-state index < -0.39 is 0 Å². The zero-order valence-corrected chi connectivity index (χ0v) is 13.5. The minimum absolute atomic E-state index is 0.769. The van der Waals surface area contributed by atoms with Crippen LogP contribution in [0.15, 0.2) is 42.6 Å². The molecule has 0 spiro atoms. The van der Waals surface area contributed by atoms with Gasteiger partial charge in [-0.25, -0.2) is 0 Å². The molecule has 2 heteroatoms. The fourth-order valence-electron chi connectivity index (χ4n) is 4.54. The van der Waals surface area contributed by atoms with Gasteiger partial charge in [0, 0.05) is 36.2 Å². The predicted octanol–water partition coefficient (Wildman–Crippen LogP) is 4.39. The van der Waals surface area contributed by atoms with Crippen LogP contribution in [-0.2, 0) is 6.42 Å². The molecule has 2 aliphatic heterocycles. The summed E-state index contributed by atoms with van der Waals surface area (Å²) in [6.45, 7) is 4.82. The van der Waals surface area contributed by atoms with Crippen LogP contribution in [-0.4, -0.2) is 29.0 Å². The van der Waals surface area contributed by atoms with E-state index in [4.69, 9.17) is 0 Å². The number of hydrogen-bond acceptors (Lipinski definition) is 1. The SMILES string of the molecule is CCC1CC2C=CCC1N(CCc1c[nH]c3ccccc13)C2. The molecule has 1 N–H and O–H groups in total. The zero-order chi connectivity index (χ0) is 14.9. The molecular weight excluding hydrogens is 268 g/mol. The van der Waals surface area contributed by atoms with Crippen molar-refractivity contribution in [3.63, 3.8) is 0 Å². The van der Waals surface area contributed by atoms with Crippen LogP contribution < -0.4 is 0 Å². The van der Waals surface area contributed by atoms with Crippen molar-refractivity contribution in [2.75, 3.05) is 13.1 Å². The number of para-hydroxylation sites is 1. The Labute approximate surface area is 133 Å². The van der Waals surface area contributed by atoms with Gasteiger partial charge in [-0.15, -0.1) is 0 Å². The number of fused-ring (bicyclic) bond motifs is 4. The quantitative estimate of drug-likeness (QED) is 0.829. The average molecular weight is 294 g/mol. The van der Waals surface area contributed by atoms with E-state index >= 15 is 0 Å². The maximum absolute atomic E-state index is 3.41. The van der Waals surface area contributed by atoms with E-state index in [9.17, 15) is 0 Å². The van der Waals surface area contributed by atoms with Crippen molar-refractivity contribution in [1.29, 1.82) is 0 Å². The second-order valence-corrected chi connectivity index (χ2v) is 7.00. The Balaban J connectivity index is 1.49. The van der Waals surface area contributed by atoms with Crippen molar-refractivity contribution in [2.24, 2.45) is 11.8 Å². The number of aromatic nitrogens is 1. The minimum Gasteiger partial charge on any atom is -0.361 e. The number of aromatic amines is 1. The molecule has 5 rings (SSSR count). The van der Waals surface area contributed by atoms with Crippen molar-refractivity contribution in [3.8, 4) is 0 Å². The van der Waals surface area contributed by atoms with Gasteiger partial charge in [0.2, 0.25) is 0 Å². The maximum Gasteiger partial charge on any atom is 0.0456 e. The van der Waals surface area contributed by atoms with Gasteiger partial charge in [-0.2, -0.15) is 0 Å². The van der Waals surface area contributed by atoms with Gasteiger partial charge in [-0.05, 0) is 42.7 Å². The molecule has 116 valence electrons. The first-order valence-corrected chi connectivity index (χ1v) is 8.81. The van der Waals surface area contributed by atoms with Gasteiger partial charge in [-0.1, -0.05) is 43.7 Å². The smallest absolute Gasteiger partial charge is 0.0456 e. The Morgan fingerprint density at radius 3 is 3.09 bits per heavy atom. The summed E-state index contributed by atoms with van der Waals surface area (Å²) in [6, 6.07) is 9.43. The molecule has 0 radical (unpaired) electrons. The third-order valence-electron chi connectivity index (χ3n) is 5.74. The number of H-pyrrole nitrogens is 1. The normalized spacial score (nSPS) is 28.3. The summed E-state index contributed by atoms with van der Waals surface area (Å²) in [7, 11) is 0. The summed E-state index contributed by atoms with van der Waals surface area (Å²) in [4.78, 5) is 6.18. The molecule has 3 atom stereocenters. The molecule has 22 heavy (non-hydrogen) atoms. The Morgan fingerprint density at radius 2 is 2.18 bits per heavy atom. The summed E-state index contributed by atoms with van der Waals surface area (Å²) in [5.41, 5.74) is 2.74. The van der Waals surface area contributed by atoms with Gasteiger partial charge in [0.05, 0.1) is 0 Å². The molecule has 3 unspecified atom stereocenters. The Kier molecular flexibility index (Phi) is 3.79. The number of nitrogens with zero attached hydrogens (tertiary/aromatic N) is 1. The van der Waals surface area contributed by atoms with E-state index in [2.05, 4.69) is 59.4 Å². The average Bonchev–Trinajstić information content (AvgIpc) is 2.73. The topological polar surface area (TPSA) is 19.0 Å². The van der Waals surface area contributed by atoms with E-state index in [-0.39, 0.29) is 0 Å². The number of benzene rings is 1. The first-order valence-electron chi connectivity index (χ1n) is 8.81. The van der Waals surface area contributed by atoms with E-state index in [1.807, 2.05) is 0 Å². The third-order valence-corrected chi connectivity index (χ3v) is 5.74. The van der Waals surface area contributed by atoms with Crippen LogP contribution in [0.5, 0.6) is 0 Å². The predicted molar refractivity (Wildman–Crippen MR) is 93.0 cm³/mol. The van der Waals surface area contributed by atoms with Gasteiger partial charge in [0.25, 0.3) is 0 Å². The van der Waals surface area contributed by atoms with E-state index in [1.165, 1.54) is 48.8 Å². The molecule has 0 amide bonds. The molecule has 1 fully saturated rings. The summed E-state index contributed by atoms with van der Waals surface area (Å²) < 4.78 is 0.